The molecule has 3 aromatic rings. The SMILES string of the molecule is CCN1C(=O)N(N)C(Nc2ccc(Oc3cccc(CON)c3)cc2)N(Cc2ccc(Cl)cc2)C1=O. The molecule has 0 bridgehead atoms. The number of rotatable bonds is 9. The Labute approximate surface area is 213 Å². The monoisotopic (exact) mass is 510 g/mol. The molecular formula is C25H27ClN6O4. The number of nitrogens with zero attached hydrogens (tertiary/aromatic N) is 3. The summed E-state index contributed by atoms with van der Waals surface area (Å²) in [5.74, 6) is 12.5. The van der Waals surface area contributed by atoms with Gasteiger partial charge in [-0.25, -0.2) is 31.2 Å². The summed E-state index contributed by atoms with van der Waals surface area (Å²) in [6, 6.07) is 20.6. The van der Waals surface area contributed by atoms with E-state index >= 15 is 0 Å². The van der Waals surface area contributed by atoms with E-state index in [2.05, 4.69) is 10.2 Å². The Hall–Kier alpha value is -3.83. The number of carbonyl (C=O) groups is 2. The van der Waals surface area contributed by atoms with Crippen LogP contribution in [-0.2, 0) is 18.0 Å². The fourth-order valence-electron chi connectivity index (χ4n) is 3.79. The molecule has 1 unspecified atom stereocenters. The standard InChI is InChI=1S/C25H27ClN6O4/c1-2-30-24(33)31(15-17-6-8-19(26)9-7-17)23(32(27)25(30)34)29-20-10-12-21(13-11-20)36-22-5-3-4-18(14-22)16-35-28/h3-14,23,29H,2,15-16,27-28H2,1H3. The molecule has 1 saturated heterocycles. The Kier molecular flexibility index (Phi) is 7.91. The highest BCUT2D eigenvalue weighted by Crippen LogP contribution is 2.26. The summed E-state index contributed by atoms with van der Waals surface area (Å²) in [6.45, 7) is 2.40. The van der Waals surface area contributed by atoms with E-state index in [1.54, 1.807) is 43.3 Å². The van der Waals surface area contributed by atoms with Crippen LogP contribution in [0.25, 0.3) is 0 Å². The van der Waals surface area contributed by atoms with Crippen molar-refractivity contribution in [3.63, 3.8) is 0 Å². The summed E-state index contributed by atoms with van der Waals surface area (Å²) in [5, 5.41) is 4.78. The van der Waals surface area contributed by atoms with Crippen molar-refractivity contribution in [2.75, 3.05) is 11.9 Å². The maximum atomic E-state index is 13.2. The number of hydrogen-bond acceptors (Lipinski definition) is 7. The lowest BCUT2D eigenvalue weighted by molar-refractivity contribution is 0.0390. The number of nitrogens with two attached hydrogens (primary N) is 2. The van der Waals surface area contributed by atoms with Gasteiger partial charge in [-0.15, -0.1) is 0 Å². The number of carbonyl (C=O) groups excluding carboxylic acids is 2. The van der Waals surface area contributed by atoms with Gasteiger partial charge in [0.05, 0.1) is 13.2 Å². The molecule has 0 aliphatic carbocycles. The molecule has 10 nitrogen and oxygen atoms in total. The maximum Gasteiger partial charge on any atom is 0.345 e. The normalized spacial score (nSPS) is 15.9. The number of imide groups is 1. The predicted molar refractivity (Wildman–Crippen MR) is 136 cm³/mol. The Morgan fingerprint density at radius 1 is 0.944 bits per heavy atom. The van der Waals surface area contributed by atoms with Crippen LogP contribution in [0.1, 0.15) is 18.1 Å². The number of benzene rings is 3. The van der Waals surface area contributed by atoms with Crippen molar-refractivity contribution in [3.8, 4) is 11.5 Å². The second-order valence-corrected chi connectivity index (χ2v) is 8.51. The third-order valence-electron chi connectivity index (χ3n) is 5.60. The largest absolute Gasteiger partial charge is 0.457 e. The molecule has 4 rings (SSSR count). The Balaban J connectivity index is 1.52. The minimum Gasteiger partial charge on any atom is -0.457 e. The van der Waals surface area contributed by atoms with Gasteiger partial charge in [-0.3, -0.25) is 9.74 Å². The number of halogens is 1. The van der Waals surface area contributed by atoms with E-state index in [-0.39, 0.29) is 19.7 Å². The Morgan fingerprint density at radius 3 is 2.33 bits per heavy atom. The summed E-state index contributed by atoms with van der Waals surface area (Å²) in [6.07, 6.45) is -0.914. The molecule has 0 aromatic heterocycles. The van der Waals surface area contributed by atoms with Crippen LogP contribution in [0.5, 0.6) is 11.5 Å². The van der Waals surface area contributed by atoms with Crippen LogP contribution in [-0.4, -0.2) is 39.7 Å². The highest BCUT2D eigenvalue weighted by Gasteiger charge is 2.42. The van der Waals surface area contributed by atoms with Gasteiger partial charge in [0.25, 0.3) is 0 Å². The molecule has 1 fully saturated rings. The number of ether oxygens (including phenoxy) is 1. The molecular weight excluding hydrogens is 484 g/mol. The average Bonchev–Trinajstić information content (AvgIpc) is 2.88. The van der Waals surface area contributed by atoms with E-state index < -0.39 is 18.4 Å². The van der Waals surface area contributed by atoms with E-state index in [9.17, 15) is 9.59 Å². The zero-order valence-corrected chi connectivity index (χ0v) is 20.4. The van der Waals surface area contributed by atoms with Crippen LogP contribution < -0.4 is 21.8 Å². The predicted octanol–water partition coefficient (Wildman–Crippen LogP) is 4.47. The van der Waals surface area contributed by atoms with Crippen LogP contribution >= 0.6 is 11.6 Å². The number of nitrogens with one attached hydrogen (secondary N) is 1. The smallest absolute Gasteiger partial charge is 0.345 e. The molecule has 36 heavy (non-hydrogen) atoms. The van der Waals surface area contributed by atoms with Crippen molar-refractivity contribution in [1.82, 2.24) is 14.8 Å². The van der Waals surface area contributed by atoms with Crippen LogP contribution in [0.2, 0.25) is 5.02 Å². The molecule has 188 valence electrons. The van der Waals surface area contributed by atoms with Crippen molar-refractivity contribution in [2.24, 2.45) is 11.7 Å². The van der Waals surface area contributed by atoms with Crippen LogP contribution in [0.4, 0.5) is 15.3 Å². The van der Waals surface area contributed by atoms with Gasteiger partial charge < -0.3 is 10.1 Å². The topological polar surface area (TPSA) is 126 Å². The fourth-order valence-corrected chi connectivity index (χ4v) is 3.92. The summed E-state index contributed by atoms with van der Waals surface area (Å²) >= 11 is 6.00. The summed E-state index contributed by atoms with van der Waals surface area (Å²) in [5.41, 5.74) is 2.36. The lowest BCUT2D eigenvalue weighted by Crippen LogP contribution is -2.70. The van der Waals surface area contributed by atoms with E-state index in [4.69, 9.17) is 28.1 Å². The van der Waals surface area contributed by atoms with Gasteiger partial charge in [-0.05, 0) is 66.6 Å². The molecule has 0 spiro atoms. The molecule has 1 heterocycles. The first-order valence-corrected chi connectivity index (χ1v) is 11.6. The van der Waals surface area contributed by atoms with Gasteiger partial charge in [0.15, 0.2) is 0 Å². The van der Waals surface area contributed by atoms with E-state index in [1.807, 2.05) is 36.4 Å². The molecule has 1 aliphatic heterocycles. The van der Waals surface area contributed by atoms with Gasteiger partial charge in [0.1, 0.15) is 11.5 Å². The van der Waals surface area contributed by atoms with Crippen molar-refractivity contribution in [3.05, 3.63) is 88.9 Å². The van der Waals surface area contributed by atoms with Gasteiger partial charge in [-0.2, -0.15) is 0 Å². The Morgan fingerprint density at radius 2 is 1.67 bits per heavy atom. The molecule has 3 aromatic carbocycles. The first-order chi connectivity index (χ1) is 17.4. The average molecular weight is 511 g/mol. The number of hydrogen-bond donors (Lipinski definition) is 3. The van der Waals surface area contributed by atoms with Gasteiger partial charge >= 0.3 is 12.1 Å². The van der Waals surface area contributed by atoms with Crippen LogP contribution in [0.3, 0.4) is 0 Å². The van der Waals surface area contributed by atoms with Crippen molar-refractivity contribution in [1.29, 1.82) is 0 Å². The zero-order valence-electron chi connectivity index (χ0n) is 19.6. The van der Waals surface area contributed by atoms with Gasteiger partial charge in [0, 0.05) is 17.3 Å². The first-order valence-electron chi connectivity index (χ1n) is 11.2. The van der Waals surface area contributed by atoms with E-state index in [0.717, 1.165) is 21.0 Å². The second kappa shape index (κ2) is 11.3. The number of urea groups is 2. The molecule has 0 saturated carbocycles. The molecule has 0 radical (unpaired) electrons. The van der Waals surface area contributed by atoms with Crippen molar-refractivity contribution < 1.29 is 19.2 Å². The second-order valence-electron chi connectivity index (χ2n) is 8.07. The summed E-state index contributed by atoms with van der Waals surface area (Å²) < 4.78 is 5.91. The summed E-state index contributed by atoms with van der Waals surface area (Å²) in [4.78, 5) is 33.1. The lowest BCUT2D eigenvalue weighted by atomic mass is 10.2. The molecule has 11 heteroatoms. The molecule has 4 amide bonds. The number of anilines is 1. The fraction of sp³-hybridized carbons (Fsp3) is 0.200. The summed E-state index contributed by atoms with van der Waals surface area (Å²) in [7, 11) is 0. The van der Waals surface area contributed by atoms with Crippen LogP contribution in [0, 0.1) is 0 Å². The minimum absolute atomic E-state index is 0.194. The maximum absolute atomic E-state index is 13.2. The lowest BCUT2D eigenvalue weighted by Gasteiger charge is -2.45. The number of hydrazine groups is 1. The third kappa shape index (κ3) is 5.69. The molecule has 5 N–H and O–H groups in total. The Bertz CT molecular complexity index is 1210. The van der Waals surface area contributed by atoms with Crippen LogP contribution in [0.15, 0.2) is 72.8 Å². The minimum atomic E-state index is -0.914. The first kappa shape index (κ1) is 25.3. The highest BCUT2D eigenvalue weighted by atomic mass is 35.5. The van der Waals surface area contributed by atoms with Gasteiger partial charge in [-0.1, -0.05) is 35.9 Å². The van der Waals surface area contributed by atoms with Gasteiger partial charge in [0.2, 0.25) is 6.29 Å². The third-order valence-corrected chi connectivity index (χ3v) is 5.86. The highest BCUT2D eigenvalue weighted by molar-refractivity contribution is 6.30. The van der Waals surface area contributed by atoms with E-state index in [0.29, 0.717) is 22.2 Å². The molecule has 1 atom stereocenters. The quantitative estimate of drug-likeness (QED) is 0.220. The number of amides is 4. The van der Waals surface area contributed by atoms with Crippen molar-refractivity contribution in [2.45, 2.75) is 26.4 Å². The molecule has 1 aliphatic rings. The zero-order chi connectivity index (χ0) is 25.7. The van der Waals surface area contributed by atoms with E-state index in [1.165, 1.54) is 4.90 Å². The van der Waals surface area contributed by atoms with Crippen molar-refractivity contribution >= 4 is 29.4 Å².